The molecule has 0 amide bonds. The molecule has 0 fully saturated rings. The fourth-order valence-electron chi connectivity index (χ4n) is 1.07. The second-order valence-corrected chi connectivity index (χ2v) is 3.95. The van der Waals surface area contributed by atoms with Crippen LogP contribution in [0.4, 0.5) is 0 Å². The average Bonchev–Trinajstić information content (AvgIpc) is 2.32. The van der Waals surface area contributed by atoms with Crippen LogP contribution in [0.25, 0.3) is 0 Å². The highest BCUT2D eigenvalue weighted by Crippen LogP contribution is 2.15. The topological polar surface area (TPSA) is 4.93 Å². The molecule has 0 saturated heterocycles. The van der Waals surface area contributed by atoms with Crippen molar-refractivity contribution in [1.29, 1.82) is 0 Å². The van der Waals surface area contributed by atoms with Gasteiger partial charge in [-0.1, -0.05) is 6.92 Å². The summed E-state index contributed by atoms with van der Waals surface area (Å²) in [6, 6.07) is 2.19. The van der Waals surface area contributed by atoms with Crippen LogP contribution in [-0.4, -0.2) is 4.57 Å². The third kappa shape index (κ3) is 1.86. The van der Waals surface area contributed by atoms with E-state index in [1.807, 2.05) is 0 Å². The van der Waals surface area contributed by atoms with Crippen molar-refractivity contribution in [3.05, 3.63) is 24.0 Å². The molecule has 0 atom stereocenters. The fourth-order valence-corrected chi connectivity index (χ4v) is 1.07. The molecule has 0 aliphatic carbocycles. The van der Waals surface area contributed by atoms with Gasteiger partial charge < -0.3 is 4.57 Å². The summed E-state index contributed by atoms with van der Waals surface area (Å²) >= 11 is 0. The Morgan fingerprint density at radius 3 is 2.27 bits per heavy atom. The van der Waals surface area contributed by atoms with Crippen LogP contribution in [0.15, 0.2) is 18.5 Å². The van der Waals surface area contributed by atoms with E-state index < -0.39 is 0 Å². The summed E-state index contributed by atoms with van der Waals surface area (Å²) in [5.74, 6) is 0. The third-order valence-electron chi connectivity index (χ3n) is 1.94. The minimum Gasteiger partial charge on any atom is -0.349 e. The summed E-state index contributed by atoms with van der Waals surface area (Å²) in [6.07, 6.45) is 5.50. The molecule has 1 heteroatoms. The Morgan fingerprint density at radius 1 is 1.36 bits per heavy atom. The molecule has 1 rings (SSSR count). The standard InChI is InChI=1S/C10H17N/c1-5-9-6-7-11(8-9)10(2,3)4/h6-8H,5H2,1-4H3. The van der Waals surface area contributed by atoms with Crippen LogP contribution >= 0.6 is 0 Å². The number of aromatic nitrogens is 1. The van der Waals surface area contributed by atoms with Gasteiger partial charge in [-0.25, -0.2) is 0 Å². The Hall–Kier alpha value is -0.720. The molecule has 1 aromatic rings. The van der Waals surface area contributed by atoms with Crippen LogP contribution in [-0.2, 0) is 12.0 Å². The first-order valence-corrected chi connectivity index (χ1v) is 4.21. The van der Waals surface area contributed by atoms with E-state index in [0.29, 0.717) is 0 Å². The quantitative estimate of drug-likeness (QED) is 0.581. The van der Waals surface area contributed by atoms with Gasteiger partial charge in [-0.3, -0.25) is 0 Å². The maximum atomic E-state index is 2.26. The second-order valence-electron chi connectivity index (χ2n) is 3.95. The highest BCUT2D eigenvalue weighted by atomic mass is 15.0. The summed E-state index contributed by atoms with van der Waals surface area (Å²) in [5.41, 5.74) is 1.65. The minimum atomic E-state index is 0.230. The molecule has 62 valence electrons. The minimum absolute atomic E-state index is 0.230. The van der Waals surface area contributed by atoms with Crippen molar-refractivity contribution < 1.29 is 0 Å². The Bertz CT molecular complexity index is 227. The molecule has 0 saturated carbocycles. The van der Waals surface area contributed by atoms with Crippen LogP contribution in [0.1, 0.15) is 33.3 Å². The molecule has 0 spiro atoms. The van der Waals surface area contributed by atoms with E-state index >= 15 is 0 Å². The number of aryl methyl sites for hydroxylation is 1. The Kier molecular flexibility index (Phi) is 2.08. The lowest BCUT2D eigenvalue weighted by molar-refractivity contribution is 0.398. The normalized spacial score (nSPS) is 12.0. The Morgan fingerprint density at radius 2 is 2.00 bits per heavy atom. The first kappa shape index (κ1) is 8.38. The molecular formula is C10H17N. The molecule has 1 nitrogen and oxygen atoms in total. The van der Waals surface area contributed by atoms with Crippen LogP contribution in [0, 0.1) is 0 Å². The molecule has 0 aliphatic heterocycles. The molecule has 0 N–H and O–H groups in total. The van der Waals surface area contributed by atoms with Crippen molar-refractivity contribution in [2.75, 3.05) is 0 Å². The van der Waals surface area contributed by atoms with Gasteiger partial charge in [-0.15, -0.1) is 0 Å². The Labute approximate surface area is 69.0 Å². The molecule has 1 heterocycles. The fraction of sp³-hybridized carbons (Fsp3) is 0.600. The Balaban J connectivity index is 2.89. The van der Waals surface area contributed by atoms with Gasteiger partial charge in [0, 0.05) is 17.9 Å². The number of rotatable bonds is 1. The predicted molar refractivity (Wildman–Crippen MR) is 48.8 cm³/mol. The molecule has 11 heavy (non-hydrogen) atoms. The van der Waals surface area contributed by atoms with Gasteiger partial charge in [0.1, 0.15) is 0 Å². The SMILES string of the molecule is CCc1ccn(C(C)(C)C)c1. The van der Waals surface area contributed by atoms with Crippen LogP contribution < -0.4 is 0 Å². The maximum absolute atomic E-state index is 2.26. The van der Waals surface area contributed by atoms with E-state index in [-0.39, 0.29) is 5.54 Å². The predicted octanol–water partition coefficient (Wildman–Crippen LogP) is 2.81. The number of hydrogen-bond acceptors (Lipinski definition) is 0. The molecule has 1 aromatic heterocycles. The summed E-state index contributed by atoms with van der Waals surface area (Å²) in [6.45, 7) is 8.83. The lowest BCUT2D eigenvalue weighted by Gasteiger charge is -2.20. The summed E-state index contributed by atoms with van der Waals surface area (Å²) in [4.78, 5) is 0. The van der Waals surface area contributed by atoms with Crippen LogP contribution in [0.5, 0.6) is 0 Å². The van der Waals surface area contributed by atoms with E-state index in [9.17, 15) is 0 Å². The zero-order chi connectivity index (χ0) is 8.48. The van der Waals surface area contributed by atoms with Crippen molar-refractivity contribution >= 4 is 0 Å². The maximum Gasteiger partial charge on any atom is 0.0355 e. The number of nitrogens with zero attached hydrogens (tertiary/aromatic N) is 1. The van der Waals surface area contributed by atoms with E-state index in [2.05, 4.69) is 50.7 Å². The molecule has 0 aromatic carbocycles. The van der Waals surface area contributed by atoms with E-state index in [1.54, 1.807) is 0 Å². The van der Waals surface area contributed by atoms with Gasteiger partial charge in [0.15, 0.2) is 0 Å². The van der Waals surface area contributed by atoms with Gasteiger partial charge in [-0.05, 0) is 38.8 Å². The van der Waals surface area contributed by atoms with Gasteiger partial charge >= 0.3 is 0 Å². The summed E-state index contributed by atoms with van der Waals surface area (Å²) in [7, 11) is 0. The molecule has 0 bridgehead atoms. The second kappa shape index (κ2) is 2.72. The van der Waals surface area contributed by atoms with Crippen molar-refractivity contribution in [1.82, 2.24) is 4.57 Å². The van der Waals surface area contributed by atoms with E-state index in [4.69, 9.17) is 0 Å². The average molecular weight is 151 g/mol. The van der Waals surface area contributed by atoms with Gasteiger partial charge in [0.25, 0.3) is 0 Å². The highest BCUT2D eigenvalue weighted by Gasteiger charge is 2.11. The lowest BCUT2D eigenvalue weighted by Crippen LogP contribution is -2.19. The largest absolute Gasteiger partial charge is 0.349 e. The van der Waals surface area contributed by atoms with Crippen LogP contribution in [0.3, 0.4) is 0 Å². The first-order chi connectivity index (χ1) is 5.04. The molecular weight excluding hydrogens is 134 g/mol. The zero-order valence-corrected chi connectivity index (χ0v) is 7.89. The molecule has 0 aliphatic rings. The van der Waals surface area contributed by atoms with Gasteiger partial charge in [-0.2, -0.15) is 0 Å². The molecule has 0 unspecified atom stereocenters. The van der Waals surface area contributed by atoms with Gasteiger partial charge in [0.05, 0.1) is 0 Å². The van der Waals surface area contributed by atoms with E-state index in [0.717, 1.165) is 6.42 Å². The highest BCUT2D eigenvalue weighted by molar-refractivity contribution is 5.11. The van der Waals surface area contributed by atoms with Gasteiger partial charge in [0.2, 0.25) is 0 Å². The summed E-state index contributed by atoms with van der Waals surface area (Å²) in [5, 5.41) is 0. The van der Waals surface area contributed by atoms with Crippen molar-refractivity contribution in [3.8, 4) is 0 Å². The zero-order valence-electron chi connectivity index (χ0n) is 7.89. The first-order valence-electron chi connectivity index (χ1n) is 4.21. The van der Waals surface area contributed by atoms with Crippen LogP contribution in [0.2, 0.25) is 0 Å². The van der Waals surface area contributed by atoms with Crippen molar-refractivity contribution in [2.24, 2.45) is 0 Å². The van der Waals surface area contributed by atoms with E-state index in [1.165, 1.54) is 5.56 Å². The lowest BCUT2D eigenvalue weighted by atomic mass is 10.1. The van der Waals surface area contributed by atoms with Crippen molar-refractivity contribution in [3.63, 3.8) is 0 Å². The monoisotopic (exact) mass is 151 g/mol. The summed E-state index contributed by atoms with van der Waals surface area (Å²) < 4.78 is 2.26. The smallest absolute Gasteiger partial charge is 0.0355 e. The molecule has 0 radical (unpaired) electrons. The number of hydrogen-bond donors (Lipinski definition) is 0. The van der Waals surface area contributed by atoms with Crippen molar-refractivity contribution in [2.45, 2.75) is 39.7 Å². The third-order valence-corrected chi connectivity index (χ3v) is 1.94.